The number of aromatic nitrogens is 5. The molecule has 1 aliphatic heterocycles. The predicted octanol–water partition coefficient (Wildman–Crippen LogP) is 3.81. The van der Waals surface area contributed by atoms with Crippen LogP contribution in [0.3, 0.4) is 0 Å². The van der Waals surface area contributed by atoms with Crippen LogP contribution < -0.4 is 10.6 Å². The fourth-order valence-corrected chi connectivity index (χ4v) is 4.85. The molecule has 5 rings (SSSR count). The number of anilines is 3. The minimum atomic E-state index is -1.74. The number of carbonyl (C=O) groups is 1. The van der Waals surface area contributed by atoms with E-state index in [1.807, 2.05) is 43.5 Å². The Bertz CT molecular complexity index is 1450. The van der Waals surface area contributed by atoms with E-state index in [9.17, 15) is 18.7 Å². The lowest BCUT2D eigenvalue weighted by Gasteiger charge is -2.21. The number of benzene rings is 1. The number of amides is 1. The lowest BCUT2D eigenvalue weighted by atomic mass is 10.2. The van der Waals surface area contributed by atoms with Crippen LogP contribution in [0.2, 0.25) is 0 Å². The van der Waals surface area contributed by atoms with Crippen LogP contribution in [0.15, 0.2) is 70.4 Å². The molecular weight excluding hydrogens is 502 g/mol. The molecule has 4 N–H and O–H groups in total. The van der Waals surface area contributed by atoms with Gasteiger partial charge in [-0.25, -0.2) is 9.50 Å². The summed E-state index contributed by atoms with van der Waals surface area (Å²) in [7, 11) is 0. The molecule has 1 aromatic carbocycles. The SMILES string of the molecule is Cc1cc(Nc2nc(Sc3ccc(NC(=O)CN4CC(=C(F)F)CC4CO)cc3)nn3cccc23)n[nH]1. The molecule has 4 aromatic rings. The van der Waals surface area contributed by atoms with Crippen molar-refractivity contribution in [2.75, 3.05) is 30.3 Å². The van der Waals surface area contributed by atoms with E-state index < -0.39 is 12.1 Å². The fraction of sp³-hybridized carbons (Fsp3) is 0.250. The minimum Gasteiger partial charge on any atom is -0.395 e. The Kier molecular flexibility index (Phi) is 7.17. The summed E-state index contributed by atoms with van der Waals surface area (Å²) in [5, 5.41) is 27.6. The number of rotatable bonds is 8. The van der Waals surface area contributed by atoms with Crippen LogP contribution >= 0.6 is 11.8 Å². The molecule has 1 saturated heterocycles. The monoisotopic (exact) mass is 526 g/mol. The largest absolute Gasteiger partial charge is 0.395 e. The number of hydrogen-bond donors (Lipinski definition) is 4. The summed E-state index contributed by atoms with van der Waals surface area (Å²) in [6.45, 7) is 1.51. The number of aliphatic hydroxyl groups excluding tert-OH is 1. The summed E-state index contributed by atoms with van der Waals surface area (Å²) in [4.78, 5) is 19.6. The van der Waals surface area contributed by atoms with E-state index in [0.717, 1.165) is 16.1 Å². The molecule has 1 fully saturated rings. The molecule has 1 atom stereocenters. The molecule has 0 bridgehead atoms. The van der Waals surface area contributed by atoms with Gasteiger partial charge in [-0.3, -0.25) is 14.8 Å². The zero-order valence-corrected chi connectivity index (χ0v) is 20.6. The van der Waals surface area contributed by atoms with Gasteiger partial charge in [-0.15, -0.1) is 5.10 Å². The second kappa shape index (κ2) is 10.7. The third-order valence-electron chi connectivity index (χ3n) is 5.89. The number of aromatic amines is 1. The first kappa shape index (κ1) is 24.9. The van der Waals surface area contributed by atoms with Crippen LogP contribution in [-0.2, 0) is 4.79 Å². The number of aliphatic hydroxyl groups is 1. The molecule has 0 radical (unpaired) electrons. The fourth-order valence-electron chi connectivity index (χ4n) is 4.10. The number of fused-ring (bicyclic) bond motifs is 1. The van der Waals surface area contributed by atoms with Gasteiger partial charge in [0.05, 0.1) is 13.2 Å². The van der Waals surface area contributed by atoms with Gasteiger partial charge >= 0.3 is 0 Å². The smallest absolute Gasteiger partial charge is 0.270 e. The molecule has 3 aromatic heterocycles. The van der Waals surface area contributed by atoms with E-state index in [0.29, 0.717) is 22.5 Å². The first-order chi connectivity index (χ1) is 17.9. The first-order valence-electron chi connectivity index (χ1n) is 11.5. The lowest BCUT2D eigenvalue weighted by Crippen LogP contribution is -2.38. The highest BCUT2D eigenvalue weighted by Crippen LogP contribution is 2.29. The van der Waals surface area contributed by atoms with Crippen molar-refractivity contribution < 1.29 is 18.7 Å². The average Bonchev–Trinajstić information content (AvgIpc) is 3.60. The van der Waals surface area contributed by atoms with Gasteiger partial charge in [0, 0.05) is 46.7 Å². The second-order valence-corrected chi connectivity index (χ2v) is 9.67. The number of H-pyrrole nitrogens is 1. The third-order valence-corrected chi connectivity index (χ3v) is 6.75. The Morgan fingerprint density at radius 1 is 1.27 bits per heavy atom. The van der Waals surface area contributed by atoms with Crippen molar-refractivity contribution in [3.8, 4) is 0 Å². The molecule has 0 aliphatic carbocycles. The number of aryl methyl sites for hydroxylation is 1. The van der Waals surface area contributed by atoms with Gasteiger partial charge in [0.15, 0.2) is 11.6 Å². The average molecular weight is 527 g/mol. The molecule has 13 heteroatoms. The zero-order valence-electron chi connectivity index (χ0n) is 19.8. The standard InChI is InChI=1S/C24H24F2N8O2S/c1-14-9-20(31-30-14)28-23-19-3-2-8-34(19)32-24(29-23)37-18-6-4-16(5-7-18)27-21(36)12-33-11-15(22(25)26)10-17(33)13-35/h2-9,17,35H,10-13H2,1H3,(H,27,36)(H2,28,29,30,31,32). The lowest BCUT2D eigenvalue weighted by molar-refractivity contribution is -0.117. The number of nitrogens with one attached hydrogen (secondary N) is 3. The van der Waals surface area contributed by atoms with Gasteiger partial charge in [-0.2, -0.15) is 13.9 Å². The van der Waals surface area contributed by atoms with Gasteiger partial charge < -0.3 is 15.7 Å². The number of likely N-dealkylation sites (tertiary alicyclic amines) is 1. The summed E-state index contributed by atoms with van der Waals surface area (Å²) in [5.41, 5.74) is 2.26. The molecule has 0 spiro atoms. The molecule has 0 saturated carbocycles. The Labute approximate surface area is 214 Å². The number of nitrogens with zero attached hydrogens (tertiary/aromatic N) is 5. The maximum Gasteiger partial charge on any atom is 0.270 e. The van der Waals surface area contributed by atoms with Crippen molar-refractivity contribution in [3.63, 3.8) is 0 Å². The number of hydrogen-bond acceptors (Lipinski definition) is 8. The zero-order chi connectivity index (χ0) is 25.9. The van der Waals surface area contributed by atoms with Crippen LogP contribution in [0.1, 0.15) is 12.1 Å². The van der Waals surface area contributed by atoms with Crippen LogP contribution in [0.25, 0.3) is 5.52 Å². The third kappa shape index (κ3) is 5.79. The Morgan fingerprint density at radius 2 is 2.08 bits per heavy atom. The van der Waals surface area contributed by atoms with Gasteiger partial charge in [0.25, 0.3) is 6.08 Å². The first-order valence-corrected chi connectivity index (χ1v) is 12.3. The second-order valence-electron chi connectivity index (χ2n) is 8.63. The van der Waals surface area contributed by atoms with Crippen molar-refractivity contribution in [1.82, 2.24) is 29.7 Å². The molecule has 192 valence electrons. The normalized spacial score (nSPS) is 15.9. The molecule has 1 unspecified atom stereocenters. The highest BCUT2D eigenvalue weighted by atomic mass is 32.2. The van der Waals surface area contributed by atoms with Crippen molar-refractivity contribution >= 4 is 40.5 Å². The summed E-state index contributed by atoms with van der Waals surface area (Å²) < 4.78 is 27.6. The Hall–Kier alpha value is -3.81. The van der Waals surface area contributed by atoms with Crippen LogP contribution in [0, 0.1) is 6.92 Å². The van der Waals surface area contributed by atoms with Gasteiger partial charge in [-0.05, 0) is 61.5 Å². The molecule has 1 amide bonds. The topological polar surface area (TPSA) is 123 Å². The van der Waals surface area contributed by atoms with E-state index in [-0.39, 0.29) is 37.6 Å². The number of carbonyl (C=O) groups excluding carboxylic acids is 1. The maximum atomic E-state index is 12.9. The minimum absolute atomic E-state index is 0.0289. The highest BCUT2D eigenvalue weighted by molar-refractivity contribution is 7.99. The van der Waals surface area contributed by atoms with Gasteiger partial charge in [0.1, 0.15) is 5.52 Å². The van der Waals surface area contributed by atoms with Crippen LogP contribution in [0.4, 0.5) is 26.1 Å². The van der Waals surface area contributed by atoms with Crippen molar-refractivity contribution in [1.29, 1.82) is 0 Å². The van der Waals surface area contributed by atoms with Gasteiger partial charge in [-0.1, -0.05) is 0 Å². The van der Waals surface area contributed by atoms with Crippen LogP contribution in [0.5, 0.6) is 0 Å². The summed E-state index contributed by atoms with van der Waals surface area (Å²) >= 11 is 1.36. The van der Waals surface area contributed by atoms with Crippen molar-refractivity contribution in [2.45, 2.75) is 29.4 Å². The van der Waals surface area contributed by atoms with Crippen LogP contribution in [-0.4, -0.2) is 66.4 Å². The molecule has 37 heavy (non-hydrogen) atoms. The van der Waals surface area contributed by atoms with E-state index in [1.165, 1.54) is 11.8 Å². The number of halogens is 2. The van der Waals surface area contributed by atoms with Crippen molar-refractivity contribution in [2.24, 2.45) is 0 Å². The molecule has 1 aliphatic rings. The van der Waals surface area contributed by atoms with E-state index in [4.69, 9.17) is 0 Å². The van der Waals surface area contributed by atoms with Crippen molar-refractivity contribution in [3.05, 3.63) is 66.0 Å². The van der Waals surface area contributed by atoms with E-state index >= 15 is 0 Å². The Balaban J connectivity index is 1.24. The summed E-state index contributed by atoms with van der Waals surface area (Å²) in [6, 6.07) is 12.3. The quantitative estimate of drug-likeness (QED) is 0.273. The predicted molar refractivity (Wildman–Crippen MR) is 135 cm³/mol. The maximum absolute atomic E-state index is 12.9. The Morgan fingerprint density at radius 3 is 2.78 bits per heavy atom. The molecule has 10 nitrogen and oxygen atoms in total. The summed E-state index contributed by atoms with van der Waals surface area (Å²) in [6.07, 6.45) is 0.157. The van der Waals surface area contributed by atoms with E-state index in [1.54, 1.807) is 21.5 Å². The van der Waals surface area contributed by atoms with Gasteiger partial charge in [0.2, 0.25) is 11.1 Å². The molecular formula is C24H24F2N8O2S. The highest BCUT2D eigenvalue weighted by Gasteiger charge is 2.31. The molecule has 4 heterocycles. The van der Waals surface area contributed by atoms with E-state index in [2.05, 4.69) is 30.9 Å². The summed E-state index contributed by atoms with van der Waals surface area (Å²) in [5.74, 6) is 0.924.